The number of carbonyl (C=O) groups is 2. The SMILES string of the molecule is CC1(C)COc2c(Oc3ccc(NC(=O)CCCCC(=O)Nc4ccc(F)cc4)cc3)ccnc2N1. The van der Waals surface area contributed by atoms with E-state index in [4.69, 9.17) is 9.47 Å². The van der Waals surface area contributed by atoms with Crippen LogP contribution in [0.15, 0.2) is 60.8 Å². The lowest BCUT2D eigenvalue weighted by atomic mass is 10.1. The Morgan fingerprint density at radius 1 is 0.972 bits per heavy atom. The fourth-order valence-electron chi connectivity index (χ4n) is 3.63. The Bertz CT molecular complexity index is 1210. The topological polar surface area (TPSA) is 102 Å². The summed E-state index contributed by atoms with van der Waals surface area (Å²) in [5, 5.41) is 8.89. The van der Waals surface area contributed by atoms with Crippen LogP contribution in [0.4, 0.5) is 21.6 Å². The van der Waals surface area contributed by atoms with Gasteiger partial charge in [-0.25, -0.2) is 9.37 Å². The third kappa shape index (κ3) is 6.94. The highest BCUT2D eigenvalue weighted by atomic mass is 19.1. The maximum atomic E-state index is 12.9. The van der Waals surface area contributed by atoms with Crippen LogP contribution in [0.2, 0.25) is 0 Å². The fraction of sp³-hybridized carbons (Fsp3) is 0.296. The smallest absolute Gasteiger partial charge is 0.224 e. The van der Waals surface area contributed by atoms with Crippen LogP contribution in [0.25, 0.3) is 0 Å². The molecule has 1 aromatic heterocycles. The van der Waals surface area contributed by atoms with Gasteiger partial charge >= 0.3 is 0 Å². The number of hydrogen-bond donors (Lipinski definition) is 3. The van der Waals surface area contributed by atoms with Gasteiger partial charge in [-0.1, -0.05) is 0 Å². The Hall–Kier alpha value is -4.14. The van der Waals surface area contributed by atoms with Crippen LogP contribution < -0.4 is 25.4 Å². The van der Waals surface area contributed by atoms with E-state index in [-0.39, 0.29) is 29.6 Å². The maximum Gasteiger partial charge on any atom is 0.224 e. The zero-order chi connectivity index (χ0) is 25.5. The third-order valence-electron chi connectivity index (χ3n) is 5.45. The van der Waals surface area contributed by atoms with E-state index >= 15 is 0 Å². The van der Waals surface area contributed by atoms with E-state index in [9.17, 15) is 14.0 Å². The molecular weight excluding hydrogens is 463 g/mol. The Kier molecular flexibility index (Phi) is 7.68. The lowest BCUT2D eigenvalue weighted by molar-refractivity contribution is -0.118. The van der Waals surface area contributed by atoms with Crippen LogP contribution in [0, 0.1) is 5.82 Å². The quantitative estimate of drug-likeness (QED) is 0.330. The Balaban J connectivity index is 1.20. The Morgan fingerprint density at radius 2 is 1.56 bits per heavy atom. The van der Waals surface area contributed by atoms with Crippen molar-refractivity contribution in [2.24, 2.45) is 0 Å². The number of anilines is 3. The zero-order valence-electron chi connectivity index (χ0n) is 20.3. The summed E-state index contributed by atoms with van der Waals surface area (Å²) >= 11 is 0. The molecule has 0 aliphatic carbocycles. The second kappa shape index (κ2) is 11.1. The molecule has 9 heteroatoms. The van der Waals surface area contributed by atoms with Gasteiger partial charge in [0.15, 0.2) is 11.6 Å². The number of carbonyl (C=O) groups excluding carboxylic acids is 2. The van der Waals surface area contributed by atoms with E-state index in [1.165, 1.54) is 24.3 Å². The highest BCUT2D eigenvalue weighted by molar-refractivity contribution is 5.91. The molecule has 2 aromatic carbocycles. The second-order valence-corrected chi connectivity index (χ2v) is 9.22. The van der Waals surface area contributed by atoms with Gasteiger partial charge in [0.05, 0.1) is 5.54 Å². The van der Waals surface area contributed by atoms with Crippen molar-refractivity contribution >= 4 is 29.0 Å². The van der Waals surface area contributed by atoms with Crippen LogP contribution in [0.5, 0.6) is 17.2 Å². The number of hydrogen-bond acceptors (Lipinski definition) is 6. The molecule has 2 heterocycles. The van der Waals surface area contributed by atoms with Gasteiger partial charge in [0, 0.05) is 36.5 Å². The molecule has 1 aliphatic rings. The lowest BCUT2D eigenvalue weighted by Gasteiger charge is -2.33. The van der Waals surface area contributed by atoms with Crippen molar-refractivity contribution < 1.29 is 23.5 Å². The van der Waals surface area contributed by atoms with E-state index in [0.29, 0.717) is 60.3 Å². The highest BCUT2D eigenvalue weighted by Gasteiger charge is 2.28. The number of unbranched alkanes of at least 4 members (excludes halogenated alkanes) is 1. The number of pyridine rings is 1. The normalized spacial score (nSPS) is 13.5. The molecule has 0 radical (unpaired) electrons. The van der Waals surface area contributed by atoms with Crippen LogP contribution in [-0.4, -0.2) is 28.9 Å². The molecule has 0 saturated carbocycles. The van der Waals surface area contributed by atoms with Gasteiger partial charge in [0.2, 0.25) is 17.6 Å². The number of halogens is 1. The number of ether oxygens (including phenoxy) is 2. The number of nitrogens with one attached hydrogen (secondary N) is 3. The van der Waals surface area contributed by atoms with Crippen molar-refractivity contribution in [1.29, 1.82) is 0 Å². The van der Waals surface area contributed by atoms with Gasteiger partial charge in [-0.2, -0.15) is 0 Å². The number of nitrogens with zero attached hydrogens (tertiary/aromatic N) is 1. The first-order valence-corrected chi connectivity index (χ1v) is 11.8. The van der Waals surface area contributed by atoms with Crippen molar-refractivity contribution in [3.05, 3.63) is 66.6 Å². The van der Waals surface area contributed by atoms with Crippen molar-refractivity contribution in [2.75, 3.05) is 22.6 Å². The molecule has 0 saturated heterocycles. The summed E-state index contributed by atoms with van der Waals surface area (Å²) in [5.74, 6) is 1.71. The number of aromatic nitrogens is 1. The van der Waals surface area contributed by atoms with E-state index < -0.39 is 0 Å². The highest BCUT2D eigenvalue weighted by Crippen LogP contribution is 2.40. The molecule has 3 aromatic rings. The number of rotatable bonds is 9. The van der Waals surface area contributed by atoms with E-state index in [2.05, 4.69) is 20.9 Å². The number of fused-ring (bicyclic) bond motifs is 1. The van der Waals surface area contributed by atoms with Crippen LogP contribution in [0.1, 0.15) is 39.5 Å². The Labute approximate surface area is 209 Å². The van der Waals surface area contributed by atoms with E-state index in [0.717, 1.165) is 0 Å². The lowest BCUT2D eigenvalue weighted by Crippen LogP contribution is -2.41. The molecule has 8 nitrogen and oxygen atoms in total. The summed E-state index contributed by atoms with van der Waals surface area (Å²) in [6.45, 7) is 4.56. The zero-order valence-corrected chi connectivity index (χ0v) is 20.3. The summed E-state index contributed by atoms with van der Waals surface area (Å²) in [6, 6.07) is 14.4. The molecule has 0 bridgehead atoms. The van der Waals surface area contributed by atoms with Crippen molar-refractivity contribution in [3.8, 4) is 17.2 Å². The summed E-state index contributed by atoms with van der Waals surface area (Å²) < 4.78 is 24.8. The summed E-state index contributed by atoms with van der Waals surface area (Å²) in [7, 11) is 0. The predicted octanol–water partition coefficient (Wildman–Crippen LogP) is 5.73. The molecule has 0 unspecified atom stereocenters. The molecule has 36 heavy (non-hydrogen) atoms. The number of amides is 2. The predicted molar refractivity (Wildman–Crippen MR) is 136 cm³/mol. The van der Waals surface area contributed by atoms with E-state index in [1.54, 1.807) is 36.5 Å². The standard InChI is InChI=1S/C27H29FN4O4/c1-27(2)17-35-25-22(15-16-29-26(25)32-27)36-21-13-11-20(12-14-21)31-24(34)6-4-3-5-23(33)30-19-9-7-18(28)8-10-19/h7-16H,3-6,17H2,1-2H3,(H,29,32)(H,30,33)(H,31,34). The van der Waals surface area contributed by atoms with Crippen LogP contribution in [0.3, 0.4) is 0 Å². The molecule has 2 amide bonds. The molecule has 0 spiro atoms. The first kappa shape index (κ1) is 25.0. The van der Waals surface area contributed by atoms with Crippen molar-refractivity contribution in [1.82, 2.24) is 4.98 Å². The van der Waals surface area contributed by atoms with Crippen molar-refractivity contribution in [3.63, 3.8) is 0 Å². The molecule has 4 rings (SSSR count). The molecule has 1 aliphatic heterocycles. The molecule has 188 valence electrons. The minimum atomic E-state index is -0.357. The van der Waals surface area contributed by atoms with Gasteiger partial charge in [-0.05, 0) is 75.2 Å². The summed E-state index contributed by atoms with van der Waals surface area (Å²) in [5.41, 5.74) is 0.982. The van der Waals surface area contributed by atoms with Crippen molar-refractivity contribution in [2.45, 2.75) is 45.1 Å². The van der Waals surface area contributed by atoms with Gasteiger partial charge in [0.25, 0.3) is 0 Å². The summed E-state index contributed by atoms with van der Waals surface area (Å²) in [4.78, 5) is 28.6. The maximum absolute atomic E-state index is 12.9. The minimum absolute atomic E-state index is 0.132. The van der Waals surface area contributed by atoms with Crippen LogP contribution >= 0.6 is 0 Å². The second-order valence-electron chi connectivity index (χ2n) is 9.22. The first-order valence-electron chi connectivity index (χ1n) is 11.8. The minimum Gasteiger partial charge on any atom is -0.484 e. The number of benzene rings is 2. The van der Waals surface area contributed by atoms with Gasteiger partial charge < -0.3 is 25.4 Å². The first-order chi connectivity index (χ1) is 17.3. The largest absolute Gasteiger partial charge is 0.484 e. The van der Waals surface area contributed by atoms with E-state index in [1.807, 2.05) is 13.8 Å². The third-order valence-corrected chi connectivity index (χ3v) is 5.45. The van der Waals surface area contributed by atoms with Gasteiger partial charge in [0.1, 0.15) is 18.2 Å². The molecule has 0 fully saturated rings. The molecule has 0 atom stereocenters. The van der Waals surface area contributed by atoms with Crippen LogP contribution in [-0.2, 0) is 9.59 Å². The average Bonchev–Trinajstić information content (AvgIpc) is 2.84. The monoisotopic (exact) mass is 492 g/mol. The van der Waals surface area contributed by atoms with Gasteiger partial charge in [-0.3, -0.25) is 9.59 Å². The van der Waals surface area contributed by atoms with Gasteiger partial charge in [-0.15, -0.1) is 0 Å². The molecule has 3 N–H and O–H groups in total. The average molecular weight is 493 g/mol. The Morgan fingerprint density at radius 3 is 2.17 bits per heavy atom. The fourth-order valence-corrected chi connectivity index (χ4v) is 3.63. The molecular formula is C27H29FN4O4. The summed E-state index contributed by atoms with van der Waals surface area (Å²) in [6.07, 6.45) is 3.38.